The Morgan fingerprint density at radius 2 is 1.83 bits per heavy atom. The number of hydrogen-bond donors (Lipinski definition) is 1. The van der Waals surface area contributed by atoms with Crippen LogP contribution in [0.2, 0.25) is 0 Å². The van der Waals surface area contributed by atoms with Crippen LogP contribution < -0.4 is 5.32 Å². The van der Waals surface area contributed by atoms with Gasteiger partial charge in [0.2, 0.25) is 11.8 Å². The van der Waals surface area contributed by atoms with Gasteiger partial charge in [-0.2, -0.15) is 0 Å². The molecule has 1 saturated carbocycles. The molecule has 1 spiro atoms. The molecule has 0 radical (unpaired) electrons. The maximum Gasteiger partial charge on any atom is 0.246 e. The summed E-state index contributed by atoms with van der Waals surface area (Å²) in [5.41, 5.74) is 1.46. The number of aryl methyl sites for hydroxylation is 1. The molecule has 190 valence electrons. The molecule has 1 aromatic heterocycles. The van der Waals surface area contributed by atoms with Gasteiger partial charge in [0, 0.05) is 26.7 Å². The normalized spacial score (nSPS) is 23.8. The molecule has 3 fully saturated rings. The largest absolute Gasteiger partial charge is 0.342 e. The predicted molar refractivity (Wildman–Crippen MR) is 138 cm³/mol. The number of nitrogens with one attached hydrogen (secondary N) is 1. The average Bonchev–Trinajstić information content (AvgIpc) is 3.19. The molecule has 35 heavy (non-hydrogen) atoms. The van der Waals surface area contributed by atoms with Crippen LogP contribution in [0.15, 0.2) is 24.3 Å². The second-order valence-corrected chi connectivity index (χ2v) is 11.0. The van der Waals surface area contributed by atoms with Crippen molar-refractivity contribution in [3.63, 3.8) is 0 Å². The summed E-state index contributed by atoms with van der Waals surface area (Å²) in [5, 5.41) is 3.21. The Hall–Kier alpha value is -2.41. The number of carbonyl (C=O) groups excluding carboxylic acids is 2. The second-order valence-electron chi connectivity index (χ2n) is 11.0. The number of imidazole rings is 1. The van der Waals surface area contributed by atoms with Crippen molar-refractivity contribution in [1.82, 2.24) is 24.7 Å². The monoisotopic (exact) mass is 479 g/mol. The van der Waals surface area contributed by atoms with Gasteiger partial charge >= 0.3 is 0 Å². The van der Waals surface area contributed by atoms with E-state index < -0.39 is 5.54 Å². The van der Waals surface area contributed by atoms with Crippen LogP contribution in [0.1, 0.15) is 77.0 Å². The third-order valence-corrected chi connectivity index (χ3v) is 8.77. The number of amides is 2. The Kier molecular flexibility index (Phi) is 7.14. The van der Waals surface area contributed by atoms with Crippen molar-refractivity contribution in [1.29, 1.82) is 0 Å². The fourth-order valence-corrected chi connectivity index (χ4v) is 6.55. The summed E-state index contributed by atoms with van der Waals surface area (Å²) in [5.74, 6) is 1.85. The molecule has 7 nitrogen and oxygen atoms in total. The lowest BCUT2D eigenvalue weighted by molar-refractivity contribution is -0.162. The first kappa shape index (κ1) is 24.3. The number of hydrogen-bond acceptors (Lipinski definition) is 4. The minimum atomic E-state index is -0.696. The van der Waals surface area contributed by atoms with E-state index in [1.54, 1.807) is 0 Å². The van der Waals surface area contributed by atoms with Crippen LogP contribution in [0.5, 0.6) is 0 Å². The zero-order valence-electron chi connectivity index (χ0n) is 21.5. The van der Waals surface area contributed by atoms with E-state index in [0.29, 0.717) is 25.3 Å². The topological polar surface area (TPSA) is 70.5 Å². The molecule has 0 bridgehead atoms. The SMILES string of the molecule is CCCCN1C(=O)C(CC2CCCCC2)NC(=O)C12CCN(Cc1nc3ccccc3n1C)CC2. The summed E-state index contributed by atoms with van der Waals surface area (Å²) in [6, 6.07) is 7.88. The third kappa shape index (κ3) is 4.72. The van der Waals surface area contributed by atoms with E-state index in [0.717, 1.165) is 55.8 Å². The Morgan fingerprint density at radius 3 is 2.54 bits per heavy atom. The molecule has 2 amide bonds. The van der Waals surface area contributed by atoms with Crippen molar-refractivity contribution in [2.75, 3.05) is 19.6 Å². The highest BCUT2D eigenvalue weighted by Gasteiger charge is 2.53. The van der Waals surface area contributed by atoms with Crippen molar-refractivity contribution in [3.05, 3.63) is 30.1 Å². The number of aromatic nitrogens is 2. The smallest absolute Gasteiger partial charge is 0.246 e. The van der Waals surface area contributed by atoms with Crippen molar-refractivity contribution in [3.8, 4) is 0 Å². The number of rotatable bonds is 7. The van der Waals surface area contributed by atoms with Crippen molar-refractivity contribution in [2.45, 2.75) is 89.3 Å². The Morgan fingerprint density at radius 1 is 1.09 bits per heavy atom. The van der Waals surface area contributed by atoms with E-state index in [1.807, 2.05) is 17.0 Å². The first-order valence-corrected chi connectivity index (χ1v) is 13.8. The fourth-order valence-electron chi connectivity index (χ4n) is 6.55. The third-order valence-electron chi connectivity index (χ3n) is 8.77. The highest BCUT2D eigenvalue weighted by Crippen LogP contribution is 2.36. The average molecular weight is 480 g/mol. The van der Waals surface area contributed by atoms with Crippen LogP contribution in [0.4, 0.5) is 0 Å². The van der Waals surface area contributed by atoms with Gasteiger partial charge in [-0.3, -0.25) is 14.5 Å². The number of fused-ring (bicyclic) bond motifs is 1. The predicted octanol–water partition coefficient (Wildman–Crippen LogP) is 4.01. The molecule has 1 atom stereocenters. The number of piperidine rings is 1. The number of carbonyl (C=O) groups is 2. The van der Waals surface area contributed by atoms with Crippen LogP contribution in [-0.4, -0.2) is 62.4 Å². The molecule has 7 heteroatoms. The Bertz CT molecular complexity index is 1050. The fraction of sp³-hybridized carbons (Fsp3) is 0.679. The van der Waals surface area contributed by atoms with Gasteiger partial charge < -0.3 is 14.8 Å². The van der Waals surface area contributed by atoms with Gasteiger partial charge in [-0.25, -0.2) is 4.98 Å². The molecule has 3 aliphatic rings. The molecule has 5 rings (SSSR count). The van der Waals surface area contributed by atoms with Crippen LogP contribution in [-0.2, 0) is 23.2 Å². The maximum absolute atomic E-state index is 13.7. The minimum absolute atomic E-state index is 0.0800. The van der Waals surface area contributed by atoms with Gasteiger partial charge in [-0.1, -0.05) is 57.6 Å². The van der Waals surface area contributed by atoms with Crippen molar-refractivity contribution < 1.29 is 9.59 Å². The van der Waals surface area contributed by atoms with Crippen LogP contribution >= 0.6 is 0 Å². The number of para-hydroxylation sites is 2. The van der Waals surface area contributed by atoms with Crippen LogP contribution in [0.3, 0.4) is 0 Å². The van der Waals surface area contributed by atoms with Crippen LogP contribution in [0, 0.1) is 5.92 Å². The van der Waals surface area contributed by atoms with E-state index in [4.69, 9.17) is 4.98 Å². The van der Waals surface area contributed by atoms with Crippen molar-refractivity contribution >= 4 is 22.8 Å². The molecule has 1 N–H and O–H groups in total. The summed E-state index contributed by atoms with van der Waals surface area (Å²) in [7, 11) is 2.07. The summed E-state index contributed by atoms with van der Waals surface area (Å²) in [6.45, 7) is 5.19. The van der Waals surface area contributed by atoms with Crippen LogP contribution in [0.25, 0.3) is 11.0 Å². The highest BCUT2D eigenvalue weighted by molar-refractivity contribution is 6.00. The van der Waals surface area contributed by atoms with E-state index in [9.17, 15) is 9.59 Å². The Balaban J connectivity index is 1.28. The quantitative estimate of drug-likeness (QED) is 0.652. The molecule has 3 heterocycles. The zero-order valence-corrected chi connectivity index (χ0v) is 21.5. The summed E-state index contributed by atoms with van der Waals surface area (Å²) >= 11 is 0. The van der Waals surface area contributed by atoms with E-state index >= 15 is 0 Å². The molecule has 1 aliphatic carbocycles. The van der Waals surface area contributed by atoms with E-state index in [-0.39, 0.29) is 17.9 Å². The van der Waals surface area contributed by atoms with E-state index in [2.05, 4.69) is 40.9 Å². The lowest BCUT2D eigenvalue weighted by Gasteiger charge is -2.52. The minimum Gasteiger partial charge on any atom is -0.342 e. The molecular formula is C28H41N5O2. The Labute approximate surface area is 209 Å². The van der Waals surface area contributed by atoms with Gasteiger partial charge in [0.25, 0.3) is 0 Å². The molecule has 2 aromatic rings. The molecule has 2 saturated heterocycles. The number of benzene rings is 1. The first-order valence-electron chi connectivity index (χ1n) is 13.8. The highest BCUT2D eigenvalue weighted by atomic mass is 16.2. The summed E-state index contributed by atoms with van der Waals surface area (Å²) in [6.07, 6.45) is 10.3. The van der Waals surface area contributed by atoms with Gasteiger partial charge in [0.1, 0.15) is 17.4 Å². The molecular weight excluding hydrogens is 438 g/mol. The lowest BCUT2D eigenvalue weighted by atomic mass is 9.79. The summed E-state index contributed by atoms with van der Waals surface area (Å²) < 4.78 is 2.17. The van der Waals surface area contributed by atoms with E-state index in [1.165, 1.54) is 32.1 Å². The van der Waals surface area contributed by atoms with Gasteiger partial charge in [0.15, 0.2) is 0 Å². The first-order chi connectivity index (χ1) is 17.0. The summed E-state index contributed by atoms with van der Waals surface area (Å²) in [4.78, 5) is 36.6. The zero-order chi connectivity index (χ0) is 24.4. The molecule has 2 aliphatic heterocycles. The van der Waals surface area contributed by atoms with Gasteiger partial charge in [0.05, 0.1) is 17.6 Å². The standard InChI is InChI=1S/C28H41N5O2/c1-3-4-16-33-26(34)23(19-21-10-6-5-7-11-21)30-27(35)28(33)14-17-32(18-15-28)20-25-29-22-12-8-9-13-24(22)31(25)2/h8-9,12-13,21,23H,3-7,10-11,14-20H2,1-2H3,(H,30,35). The molecule has 1 unspecified atom stereocenters. The van der Waals surface area contributed by atoms with Crippen molar-refractivity contribution in [2.24, 2.45) is 13.0 Å². The number of piperazine rings is 1. The molecule has 1 aromatic carbocycles. The second kappa shape index (κ2) is 10.3. The number of likely N-dealkylation sites (tertiary alicyclic amines) is 1. The number of nitrogens with zero attached hydrogens (tertiary/aromatic N) is 4. The number of unbranched alkanes of at least 4 members (excludes halogenated alkanes) is 1. The van der Waals surface area contributed by atoms with Gasteiger partial charge in [-0.05, 0) is 43.7 Å². The van der Waals surface area contributed by atoms with Gasteiger partial charge in [-0.15, -0.1) is 0 Å². The maximum atomic E-state index is 13.7. The lowest BCUT2D eigenvalue weighted by Crippen LogP contribution is -2.73.